The van der Waals surface area contributed by atoms with Crippen LogP contribution in [-0.4, -0.2) is 57.4 Å². The van der Waals surface area contributed by atoms with Crippen LogP contribution in [0.25, 0.3) is 0 Å². The van der Waals surface area contributed by atoms with Crippen molar-refractivity contribution in [1.29, 1.82) is 0 Å². The van der Waals surface area contributed by atoms with Crippen LogP contribution in [0.2, 0.25) is 0 Å². The fourth-order valence-electron chi connectivity index (χ4n) is 2.93. The molecule has 6 nitrogen and oxygen atoms in total. The molecular formula is C19H23N3O3S. The van der Waals surface area contributed by atoms with Crippen molar-refractivity contribution >= 4 is 21.6 Å². The molecule has 1 saturated heterocycles. The Balaban J connectivity index is 1.72. The Morgan fingerprint density at radius 2 is 1.62 bits per heavy atom. The van der Waals surface area contributed by atoms with Crippen LogP contribution in [0.4, 0.5) is 5.69 Å². The molecule has 0 atom stereocenters. The van der Waals surface area contributed by atoms with E-state index in [2.05, 4.69) is 9.62 Å². The van der Waals surface area contributed by atoms with Crippen LogP contribution in [-0.2, 0) is 10.0 Å². The molecule has 26 heavy (non-hydrogen) atoms. The van der Waals surface area contributed by atoms with Crippen LogP contribution in [0.15, 0.2) is 59.5 Å². The fraction of sp³-hybridized carbons (Fsp3) is 0.316. The summed E-state index contributed by atoms with van der Waals surface area (Å²) in [6.07, 6.45) is 0.940. The van der Waals surface area contributed by atoms with Gasteiger partial charge in [-0.1, -0.05) is 18.2 Å². The van der Waals surface area contributed by atoms with E-state index in [9.17, 15) is 13.2 Å². The lowest BCUT2D eigenvalue weighted by molar-refractivity contribution is 0.0762. The molecule has 7 heteroatoms. The van der Waals surface area contributed by atoms with Crippen molar-refractivity contribution < 1.29 is 13.2 Å². The van der Waals surface area contributed by atoms with E-state index < -0.39 is 10.0 Å². The molecular weight excluding hydrogens is 350 g/mol. The zero-order valence-electron chi connectivity index (χ0n) is 14.8. The van der Waals surface area contributed by atoms with Crippen molar-refractivity contribution in [3.63, 3.8) is 0 Å². The molecule has 1 aliphatic rings. The molecule has 0 bridgehead atoms. The number of amides is 1. The van der Waals surface area contributed by atoms with Crippen molar-refractivity contribution in [2.75, 3.05) is 37.9 Å². The molecule has 1 fully saturated rings. The van der Waals surface area contributed by atoms with E-state index in [1.165, 1.54) is 12.1 Å². The lowest BCUT2D eigenvalue weighted by Gasteiger charge is -2.20. The molecule has 1 aliphatic heterocycles. The van der Waals surface area contributed by atoms with Gasteiger partial charge in [-0.25, -0.2) is 8.42 Å². The van der Waals surface area contributed by atoms with Gasteiger partial charge in [0.2, 0.25) is 0 Å². The summed E-state index contributed by atoms with van der Waals surface area (Å²) in [5, 5.41) is 0. The first-order valence-corrected chi connectivity index (χ1v) is 10.1. The number of hydrogen-bond acceptors (Lipinski definition) is 4. The Morgan fingerprint density at radius 3 is 2.31 bits per heavy atom. The molecule has 0 aromatic heterocycles. The molecule has 0 aliphatic carbocycles. The second-order valence-corrected chi connectivity index (χ2v) is 8.13. The molecule has 3 rings (SSSR count). The summed E-state index contributed by atoms with van der Waals surface area (Å²) < 4.78 is 27.4. The first-order valence-electron chi connectivity index (χ1n) is 8.61. The number of rotatable bonds is 4. The molecule has 1 heterocycles. The Kier molecular flexibility index (Phi) is 5.58. The summed E-state index contributed by atoms with van der Waals surface area (Å²) >= 11 is 0. The van der Waals surface area contributed by atoms with Crippen molar-refractivity contribution in [3.8, 4) is 0 Å². The van der Waals surface area contributed by atoms with E-state index in [1.54, 1.807) is 36.4 Å². The smallest absolute Gasteiger partial charge is 0.261 e. The Bertz CT molecular complexity index is 851. The van der Waals surface area contributed by atoms with Gasteiger partial charge in [0.05, 0.1) is 4.90 Å². The Labute approximate surface area is 154 Å². The third-order valence-corrected chi connectivity index (χ3v) is 5.84. The molecule has 0 unspecified atom stereocenters. The number of likely N-dealkylation sites (N-methyl/N-ethyl adjacent to an activating group) is 1. The largest absolute Gasteiger partial charge is 0.337 e. The minimum absolute atomic E-state index is 0.0553. The van der Waals surface area contributed by atoms with Crippen molar-refractivity contribution in [3.05, 3.63) is 60.2 Å². The first-order chi connectivity index (χ1) is 12.5. The highest BCUT2D eigenvalue weighted by atomic mass is 32.2. The van der Waals surface area contributed by atoms with Crippen molar-refractivity contribution in [2.24, 2.45) is 0 Å². The van der Waals surface area contributed by atoms with Crippen molar-refractivity contribution in [1.82, 2.24) is 9.80 Å². The maximum absolute atomic E-state index is 12.7. The van der Waals surface area contributed by atoms with Gasteiger partial charge in [-0.3, -0.25) is 9.52 Å². The lowest BCUT2D eigenvalue weighted by Crippen LogP contribution is -2.34. The minimum atomic E-state index is -3.68. The maximum atomic E-state index is 12.7. The van der Waals surface area contributed by atoms with Gasteiger partial charge in [0.1, 0.15) is 0 Å². The van der Waals surface area contributed by atoms with Gasteiger partial charge in [-0.2, -0.15) is 0 Å². The Hall–Kier alpha value is -2.38. The van der Waals surface area contributed by atoms with E-state index in [4.69, 9.17) is 0 Å². The number of sulfonamides is 1. The van der Waals surface area contributed by atoms with E-state index in [0.717, 1.165) is 26.1 Å². The molecule has 0 radical (unpaired) electrons. The molecule has 1 N–H and O–H groups in total. The van der Waals surface area contributed by atoms with Crippen LogP contribution in [0.1, 0.15) is 16.8 Å². The zero-order chi connectivity index (χ0) is 18.6. The van der Waals surface area contributed by atoms with Gasteiger partial charge in [0, 0.05) is 30.9 Å². The molecule has 2 aromatic rings. The average molecular weight is 373 g/mol. The highest BCUT2D eigenvalue weighted by Gasteiger charge is 2.20. The predicted molar refractivity (Wildman–Crippen MR) is 102 cm³/mol. The lowest BCUT2D eigenvalue weighted by atomic mass is 10.2. The zero-order valence-corrected chi connectivity index (χ0v) is 15.6. The molecule has 0 saturated carbocycles. The second kappa shape index (κ2) is 7.88. The monoisotopic (exact) mass is 373 g/mol. The van der Waals surface area contributed by atoms with Gasteiger partial charge in [-0.05, 0) is 56.4 Å². The molecule has 1 amide bonds. The minimum Gasteiger partial charge on any atom is -0.337 e. The van der Waals surface area contributed by atoms with Crippen LogP contribution < -0.4 is 4.72 Å². The van der Waals surface area contributed by atoms with Gasteiger partial charge in [0.25, 0.3) is 15.9 Å². The predicted octanol–water partition coefficient (Wildman–Crippen LogP) is 2.27. The number of hydrogen-bond donors (Lipinski definition) is 1. The summed E-state index contributed by atoms with van der Waals surface area (Å²) in [5.74, 6) is -0.0553. The third kappa shape index (κ3) is 4.42. The van der Waals surface area contributed by atoms with Gasteiger partial charge < -0.3 is 9.80 Å². The number of para-hydroxylation sites is 1. The molecule has 0 spiro atoms. The molecule has 2 aromatic carbocycles. The van der Waals surface area contributed by atoms with E-state index in [1.807, 2.05) is 18.0 Å². The normalized spacial score (nSPS) is 16.1. The van der Waals surface area contributed by atoms with Gasteiger partial charge in [-0.15, -0.1) is 0 Å². The first kappa shape index (κ1) is 18.4. The van der Waals surface area contributed by atoms with Crippen LogP contribution in [0.5, 0.6) is 0 Å². The van der Waals surface area contributed by atoms with Gasteiger partial charge >= 0.3 is 0 Å². The average Bonchev–Trinajstić information content (AvgIpc) is 2.86. The maximum Gasteiger partial charge on any atom is 0.261 e. The number of carbonyl (C=O) groups is 1. The standard InChI is InChI=1S/C19H23N3O3S/c1-21-12-5-13-22(15-14-21)19(23)16-8-10-18(11-9-16)26(24,25)20-17-6-3-2-4-7-17/h2-4,6-11,20H,5,12-15H2,1H3. The highest BCUT2D eigenvalue weighted by molar-refractivity contribution is 7.92. The van der Waals surface area contributed by atoms with Crippen LogP contribution >= 0.6 is 0 Å². The number of nitrogens with one attached hydrogen (secondary N) is 1. The SMILES string of the molecule is CN1CCCN(C(=O)c2ccc(S(=O)(=O)Nc3ccccc3)cc2)CC1. The summed E-state index contributed by atoms with van der Waals surface area (Å²) in [7, 11) is -1.63. The summed E-state index contributed by atoms with van der Waals surface area (Å²) in [5.41, 5.74) is 1.01. The highest BCUT2D eigenvalue weighted by Crippen LogP contribution is 2.17. The molecule has 138 valence electrons. The van der Waals surface area contributed by atoms with Crippen molar-refractivity contribution in [2.45, 2.75) is 11.3 Å². The Morgan fingerprint density at radius 1 is 0.923 bits per heavy atom. The van der Waals surface area contributed by atoms with Crippen LogP contribution in [0, 0.1) is 0 Å². The quantitative estimate of drug-likeness (QED) is 0.893. The van der Waals surface area contributed by atoms with Gasteiger partial charge in [0.15, 0.2) is 0 Å². The second-order valence-electron chi connectivity index (χ2n) is 6.44. The fourth-order valence-corrected chi connectivity index (χ4v) is 3.99. The van der Waals surface area contributed by atoms with E-state index in [-0.39, 0.29) is 10.8 Å². The number of benzene rings is 2. The summed E-state index contributed by atoms with van der Waals surface area (Å²) in [6, 6.07) is 14.8. The van der Waals surface area contributed by atoms with E-state index >= 15 is 0 Å². The topological polar surface area (TPSA) is 69.7 Å². The summed E-state index contributed by atoms with van der Waals surface area (Å²) in [4.78, 5) is 16.8. The summed E-state index contributed by atoms with van der Waals surface area (Å²) in [6.45, 7) is 3.23. The number of nitrogens with zero attached hydrogens (tertiary/aromatic N) is 2. The third-order valence-electron chi connectivity index (χ3n) is 4.44. The van der Waals surface area contributed by atoms with Crippen LogP contribution in [0.3, 0.4) is 0 Å². The van der Waals surface area contributed by atoms with E-state index in [0.29, 0.717) is 17.8 Å². The number of carbonyl (C=O) groups excluding carboxylic acids is 1. The number of anilines is 1.